The van der Waals surface area contributed by atoms with Gasteiger partial charge in [-0.3, -0.25) is 9.59 Å². The number of ether oxygens (including phenoxy) is 5. The molecule has 0 unspecified atom stereocenters. The van der Waals surface area contributed by atoms with E-state index in [-0.39, 0.29) is 12.8 Å². The van der Waals surface area contributed by atoms with Gasteiger partial charge in [-0.25, -0.2) is 0 Å². The highest BCUT2D eigenvalue weighted by molar-refractivity contribution is 5.70. The van der Waals surface area contributed by atoms with Crippen molar-refractivity contribution in [3.05, 3.63) is 0 Å². The molecule has 0 aromatic carbocycles. The van der Waals surface area contributed by atoms with Crippen LogP contribution in [0.25, 0.3) is 0 Å². The molecule has 0 amide bonds. The quantitative estimate of drug-likeness (QED) is 0.198. The van der Waals surface area contributed by atoms with Crippen LogP contribution in [0.15, 0.2) is 0 Å². The average molecular weight is 454 g/mol. The highest BCUT2D eigenvalue weighted by atomic mass is 16.8. The van der Waals surface area contributed by atoms with Crippen molar-refractivity contribution in [1.82, 2.24) is 0 Å². The lowest BCUT2D eigenvalue weighted by Gasteiger charge is -2.45. The van der Waals surface area contributed by atoms with Gasteiger partial charge >= 0.3 is 11.9 Å². The predicted molar refractivity (Wildman–Crippen MR) is 96.9 cm³/mol. The van der Waals surface area contributed by atoms with Crippen LogP contribution in [0.5, 0.6) is 0 Å². The number of carbonyl (C=O) groups excluding carboxylic acids is 2. The van der Waals surface area contributed by atoms with E-state index in [0.29, 0.717) is 0 Å². The Morgan fingerprint density at radius 1 is 0.710 bits per heavy atom. The van der Waals surface area contributed by atoms with Gasteiger partial charge in [-0.15, -0.1) is 0 Å². The number of hydrogen-bond acceptors (Lipinski definition) is 13. The highest BCUT2D eigenvalue weighted by Crippen LogP contribution is 2.30. The summed E-state index contributed by atoms with van der Waals surface area (Å²) in [5, 5.41) is 59.6. The molecule has 13 nitrogen and oxygen atoms in total. The van der Waals surface area contributed by atoms with Gasteiger partial charge in [-0.1, -0.05) is 13.8 Å². The Labute approximate surface area is 178 Å². The number of carbonyl (C=O) groups is 2. The molecule has 0 aliphatic carbocycles. The van der Waals surface area contributed by atoms with Gasteiger partial charge in [0, 0.05) is 12.8 Å². The van der Waals surface area contributed by atoms with Crippen molar-refractivity contribution in [2.45, 2.75) is 88.1 Å². The zero-order valence-corrected chi connectivity index (χ0v) is 17.1. The van der Waals surface area contributed by atoms with Gasteiger partial charge in [0.1, 0.15) is 36.6 Å². The van der Waals surface area contributed by atoms with Crippen molar-refractivity contribution in [3.8, 4) is 0 Å². The normalized spacial score (nSPS) is 40.9. The Morgan fingerprint density at radius 2 is 1.19 bits per heavy atom. The topological polar surface area (TPSA) is 202 Å². The molecule has 2 heterocycles. The fourth-order valence-electron chi connectivity index (χ4n) is 3.21. The minimum atomic E-state index is -1.78. The van der Waals surface area contributed by atoms with E-state index in [1.807, 2.05) is 0 Å². The Morgan fingerprint density at radius 3 is 1.71 bits per heavy atom. The molecule has 2 aliphatic heterocycles. The maximum Gasteiger partial charge on any atom is 0.306 e. The molecule has 2 aliphatic rings. The molecule has 10 atom stereocenters. The van der Waals surface area contributed by atoms with Crippen LogP contribution in [0.2, 0.25) is 0 Å². The second kappa shape index (κ2) is 11.4. The molecular weight excluding hydrogens is 424 g/mol. The third kappa shape index (κ3) is 5.88. The van der Waals surface area contributed by atoms with E-state index in [0.717, 1.165) is 0 Å². The minimum Gasteiger partial charge on any atom is -0.455 e. The van der Waals surface area contributed by atoms with Crippen molar-refractivity contribution in [2.75, 3.05) is 13.2 Å². The van der Waals surface area contributed by atoms with E-state index in [1.165, 1.54) is 13.8 Å². The Kier molecular flexibility index (Phi) is 9.54. The summed E-state index contributed by atoms with van der Waals surface area (Å²) in [6.45, 7) is 1.62. The Bertz CT molecular complexity index is 599. The molecule has 0 aromatic rings. The fourth-order valence-corrected chi connectivity index (χ4v) is 3.21. The molecule has 0 radical (unpaired) electrons. The molecule has 31 heavy (non-hydrogen) atoms. The third-order valence-corrected chi connectivity index (χ3v) is 5.02. The number of aliphatic hydroxyl groups is 6. The van der Waals surface area contributed by atoms with E-state index in [2.05, 4.69) is 0 Å². The number of aliphatic hydroxyl groups excluding tert-OH is 6. The molecule has 2 fully saturated rings. The number of esters is 2. The van der Waals surface area contributed by atoms with Gasteiger partial charge in [0.05, 0.1) is 13.2 Å². The molecule has 2 saturated heterocycles. The second-order valence-electron chi connectivity index (χ2n) is 7.17. The van der Waals surface area contributed by atoms with Crippen molar-refractivity contribution in [2.24, 2.45) is 0 Å². The third-order valence-electron chi connectivity index (χ3n) is 5.02. The predicted octanol–water partition coefficient (Wildman–Crippen LogP) is -3.48. The molecule has 6 N–H and O–H groups in total. The summed E-state index contributed by atoms with van der Waals surface area (Å²) in [6, 6.07) is 0. The van der Waals surface area contributed by atoms with Crippen molar-refractivity contribution < 1.29 is 63.9 Å². The molecule has 0 aromatic heterocycles. The lowest BCUT2D eigenvalue weighted by Crippen LogP contribution is -2.65. The lowest BCUT2D eigenvalue weighted by atomic mass is 9.97. The van der Waals surface area contributed by atoms with Gasteiger partial charge < -0.3 is 54.3 Å². The van der Waals surface area contributed by atoms with E-state index in [9.17, 15) is 40.2 Å². The molecule has 0 saturated carbocycles. The zero-order valence-electron chi connectivity index (χ0n) is 17.1. The van der Waals surface area contributed by atoms with Crippen molar-refractivity contribution >= 4 is 11.9 Å². The molecule has 180 valence electrons. The average Bonchev–Trinajstić information content (AvgIpc) is 2.77. The monoisotopic (exact) mass is 454 g/mol. The molecule has 13 heteroatoms. The summed E-state index contributed by atoms with van der Waals surface area (Å²) >= 11 is 0. The van der Waals surface area contributed by atoms with Crippen LogP contribution in [0.3, 0.4) is 0 Å². The van der Waals surface area contributed by atoms with E-state index in [4.69, 9.17) is 23.7 Å². The van der Waals surface area contributed by atoms with Gasteiger partial charge in [-0.05, 0) is 0 Å². The zero-order chi connectivity index (χ0) is 23.3. The summed E-state index contributed by atoms with van der Waals surface area (Å²) < 4.78 is 26.5. The first-order chi connectivity index (χ1) is 14.7. The van der Waals surface area contributed by atoms with E-state index < -0.39 is 86.6 Å². The van der Waals surface area contributed by atoms with Crippen LogP contribution in [-0.2, 0) is 33.3 Å². The summed E-state index contributed by atoms with van der Waals surface area (Å²) in [7, 11) is 0. The minimum absolute atomic E-state index is 0.0238. The molecule has 2 rings (SSSR count). The number of hydrogen-bond donors (Lipinski definition) is 6. The van der Waals surface area contributed by atoms with Crippen LogP contribution in [0.1, 0.15) is 26.7 Å². The maximum absolute atomic E-state index is 11.9. The van der Waals surface area contributed by atoms with Crippen LogP contribution in [-0.4, -0.2) is 117 Å². The summed E-state index contributed by atoms with van der Waals surface area (Å²) in [5.74, 6) is -1.42. The Balaban J connectivity index is 2.24. The van der Waals surface area contributed by atoms with Crippen molar-refractivity contribution in [3.63, 3.8) is 0 Å². The second-order valence-corrected chi connectivity index (χ2v) is 7.17. The molecule has 0 bridgehead atoms. The first-order valence-corrected chi connectivity index (χ1v) is 9.97. The van der Waals surface area contributed by atoms with Crippen LogP contribution >= 0.6 is 0 Å². The summed E-state index contributed by atoms with van der Waals surface area (Å²) in [5.41, 5.74) is 0. The first kappa shape index (κ1) is 25.8. The lowest BCUT2D eigenvalue weighted by molar-refractivity contribution is -0.376. The van der Waals surface area contributed by atoms with E-state index in [1.54, 1.807) is 0 Å². The molecular formula is C18H30O13. The van der Waals surface area contributed by atoms with Crippen LogP contribution < -0.4 is 0 Å². The summed E-state index contributed by atoms with van der Waals surface area (Å²) in [6.07, 6.45) is -15.7. The van der Waals surface area contributed by atoms with Gasteiger partial charge in [-0.2, -0.15) is 0 Å². The van der Waals surface area contributed by atoms with Gasteiger partial charge in [0.15, 0.2) is 24.8 Å². The maximum atomic E-state index is 11.9. The smallest absolute Gasteiger partial charge is 0.306 e. The Hall–Kier alpha value is -1.42. The largest absolute Gasteiger partial charge is 0.455 e. The molecule has 0 spiro atoms. The van der Waals surface area contributed by atoms with E-state index >= 15 is 0 Å². The fraction of sp³-hybridized carbons (Fsp3) is 0.889. The van der Waals surface area contributed by atoms with Crippen LogP contribution in [0, 0.1) is 0 Å². The highest BCUT2D eigenvalue weighted by Gasteiger charge is 2.52. The van der Waals surface area contributed by atoms with Crippen molar-refractivity contribution in [1.29, 1.82) is 0 Å². The SMILES string of the molecule is CCC(=O)O[C@@H]1[C@@H](O)[C@@H](O[C@H]2O[C@H](CO)[C@@H](O)[C@H](O)[C@H]2O)O[C@H](CO)[C@H]1OC(=O)CC. The first-order valence-electron chi connectivity index (χ1n) is 9.97. The van der Waals surface area contributed by atoms with Crippen LogP contribution in [0.4, 0.5) is 0 Å². The van der Waals surface area contributed by atoms with Gasteiger partial charge in [0.2, 0.25) is 0 Å². The van der Waals surface area contributed by atoms with Gasteiger partial charge in [0.25, 0.3) is 0 Å². The standard InChI is InChI=1S/C18H30O13/c1-3-9(21)29-15-8(6-20)28-18(14(26)16(15)30-10(22)4-2)31-17-13(25)12(24)11(23)7(5-19)27-17/h7-8,11-20,23-26H,3-6H2,1-2H3/t7-,8-,11-,12+,13-,14-,15-,16-,17-,18-/m1/s1. The summed E-state index contributed by atoms with van der Waals surface area (Å²) in [4.78, 5) is 23.6. The number of rotatable bonds is 8.